The zero-order valence-corrected chi connectivity index (χ0v) is 19.2. The molecule has 0 unspecified atom stereocenters. The van der Waals surface area contributed by atoms with Gasteiger partial charge in [-0.1, -0.05) is 43.0 Å². The highest BCUT2D eigenvalue weighted by Gasteiger charge is 2.15. The number of anilines is 1. The molecule has 0 aliphatic rings. The quantitative estimate of drug-likeness (QED) is 0.466. The summed E-state index contributed by atoms with van der Waals surface area (Å²) in [6, 6.07) is 6.89. The Hall–Kier alpha value is -2.99. The van der Waals surface area contributed by atoms with Gasteiger partial charge in [-0.3, -0.25) is 14.9 Å². The van der Waals surface area contributed by atoms with Crippen LogP contribution in [-0.4, -0.2) is 49.6 Å². The van der Waals surface area contributed by atoms with Crippen LogP contribution in [0.2, 0.25) is 0 Å². The topological polar surface area (TPSA) is 124 Å². The summed E-state index contributed by atoms with van der Waals surface area (Å²) in [5.74, 6) is 1.15. The number of hydrogen-bond donors (Lipinski definition) is 2. The van der Waals surface area contributed by atoms with Crippen LogP contribution in [0.4, 0.5) is 5.13 Å². The number of hydrogen-bond acceptors (Lipinski definition) is 9. The third-order valence-corrected chi connectivity index (χ3v) is 6.34. The molecule has 3 aromatic rings. The molecule has 2 aromatic heterocycles. The minimum absolute atomic E-state index is 0.152. The van der Waals surface area contributed by atoms with Crippen LogP contribution in [0.25, 0.3) is 0 Å². The molecule has 2 amide bonds. The zero-order valence-electron chi connectivity index (χ0n) is 17.6. The lowest BCUT2D eigenvalue weighted by Crippen LogP contribution is -2.24. The Morgan fingerprint density at radius 1 is 1.23 bits per heavy atom. The third kappa shape index (κ3) is 6.01. The Labute approximate surface area is 187 Å². The normalized spacial score (nSPS) is 10.9. The van der Waals surface area contributed by atoms with Gasteiger partial charge in [0.1, 0.15) is 10.8 Å². The molecule has 2 heterocycles. The van der Waals surface area contributed by atoms with Gasteiger partial charge < -0.3 is 14.6 Å². The number of ether oxygens (including phenoxy) is 1. The molecule has 1 aromatic carbocycles. The maximum absolute atomic E-state index is 12.3. The molecule has 10 nitrogen and oxygen atoms in total. The van der Waals surface area contributed by atoms with E-state index in [1.165, 1.54) is 23.1 Å². The molecule has 0 aliphatic heterocycles. The van der Waals surface area contributed by atoms with Crippen LogP contribution in [0.1, 0.15) is 41.0 Å². The van der Waals surface area contributed by atoms with Crippen molar-refractivity contribution in [2.75, 3.05) is 18.2 Å². The minimum Gasteiger partial charge on any atom is -0.497 e. The number of rotatable bonds is 9. The molecule has 164 valence electrons. The molecule has 0 spiro atoms. The van der Waals surface area contributed by atoms with E-state index in [1.54, 1.807) is 43.0 Å². The second-order valence-electron chi connectivity index (χ2n) is 6.81. The molecule has 0 saturated heterocycles. The van der Waals surface area contributed by atoms with Gasteiger partial charge in [0.25, 0.3) is 5.91 Å². The van der Waals surface area contributed by atoms with E-state index in [1.807, 2.05) is 13.8 Å². The number of nitrogens with one attached hydrogen (secondary N) is 2. The van der Waals surface area contributed by atoms with E-state index in [0.29, 0.717) is 27.4 Å². The first-order valence-electron chi connectivity index (χ1n) is 9.44. The van der Waals surface area contributed by atoms with Crippen LogP contribution in [-0.2, 0) is 18.4 Å². The first-order chi connectivity index (χ1) is 14.9. The zero-order chi connectivity index (χ0) is 22.4. The average molecular weight is 462 g/mol. The predicted molar refractivity (Wildman–Crippen MR) is 119 cm³/mol. The van der Waals surface area contributed by atoms with E-state index < -0.39 is 0 Å². The molecule has 3 rings (SSSR count). The van der Waals surface area contributed by atoms with E-state index in [4.69, 9.17) is 4.74 Å². The van der Waals surface area contributed by atoms with Crippen molar-refractivity contribution in [2.24, 2.45) is 7.05 Å². The Kier molecular flexibility index (Phi) is 7.58. The fraction of sp³-hybridized carbons (Fsp3) is 0.368. The maximum Gasteiger partial charge on any atom is 0.251 e. The van der Waals surface area contributed by atoms with Gasteiger partial charge in [0, 0.05) is 18.5 Å². The number of carbonyl (C=O) groups is 2. The molecule has 0 bridgehead atoms. The van der Waals surface area contributed by atoms with Crippen molar-refractivity contribution in [3.63, 3.8) is 0 Å². The van der Waals surface area contributed by atoms with Gasteiger partial charge in [0.05, 0.1) is 19.4 Å². The molecule has 0 fully saturated rings. The number of benzene rings is 1. The smallest absolute Gasteiger partial charge is 0.251 e. The van der Waals surface area contributed by atoms with Crippen molar-refractivity contribution in [2.45, 2.75) is 31.5 Å². The van der Waals surface area contributed by atoms with Crippen LogP contribution in [0.5, 0.6) is 5.75 Å². The van der Waals surface area contributed by atoms with Crippen LogP contribution in [0, 0.1) is 0 Å². The van der Waals surface area contributed by atoms with Crippen molar-refractivity contribution >= 4 is 40.0 Å². The van der Waals surface area contributed by atoms with Crippen molar-refractivity contribution in [3.05, 3.63) is 40.7 Å². The number of carbonyl (C=O) groups excluding carboxylic acids is 2. The lowest BCUT2D eigenvalue weighted by Gasteiger charge is -2.07. The number of thioether (sulfide) groups is 1. The highest BCUT2D eigenvalue weighted by Crippen LogP contribution is 2.23. The standard InChI is InChI=1S/C19H23N7O3S2/c1-11(2)17-23-24-18(31-17)21-15(27)10-30-19-25-22-14(26(19)3)9-20-16(28)12-6-5-7-13(8-12)29-4/h5-8,11H,9-10H2,1-4H3,(H,20,28)(H,21,24,27). The molecule has 0 atom stereocenters. The summed E-state index contributed by atoms with van der Waals surface area (Å²) in [7, 11) is 3.33. The number of amides is 2. The van der Waals surface area contributed by atoms with Gasteiger partial charge >= 0.3 is 0 Å². The molecular weight excluding hydrogens is 438 g/mol. The van der Waals surface area contributed by atoms with Crippen LogP contribution < -0.4 is 15.4 Å². The van der Waals surface area contributed by atoms with Gasteiger partial charge in [-0.05, 0) is 18.2 Å². The van der Waals surface area contributed by atoms with E-state index in [0.717, 1.165) is 5.01 Å². The lowest BCUT2D eigenvalue weighted by atomic mass is 10.2. The predicted octanol–water partition coefficient (Wildman–Crippen LogP) is 2.46. The molecule has 12 heteroatoms. The van der Waals surface area contributed by atoms with Gasteiger partial charge in [-0.2, -0.15) is 0 Å². The summed E-state index contributed by atoms with van der Waals surface area (Å²) in [5, 5.41) is 23.7. The summed E-state index contributed by atoms with van der Waals surface area (Å²) in [6.45, 7) is 4.24. The number of methoxy groups -OCH3 is 1. The first-order valence-corrected chi connectivity index (χ1v) is 11.2. The van der Waals surface area contributed by atoms with Crippen molar-refractivity contribution in [1.29, 1.82) is 0 Å². The van der Waals surface area contributed by atoms with E-state index in [-0.39, 0.29) is 30.0 Å². The average Bonchev–Trinajstić information content (AvgIpc) is 3.37. The van der Waals surface area contributed by atoms with Crippen LogP contribution in [0.3, 0.4) is 0 Å². The van der Waals surface area contributed by atoms with Crippen LogP contribution >= 0.6 is 23.1 Å². The highest BCUT2D eigenvalue weighted by molar-refractivity contribution is 7.99. The van der Waals surface area contributed by atoms with E-state index >= 15 is 0 Å². The summed E-state index contributed by atoms with van der Waals surface area (Å²) < 4.78 is 6.88. The second-order valence-corrected chi connectivity index (χ2v) is 8.76. The molecule has 2 N–H and O–H groups in total. The molecule has 0 saturated carbocycles. The van der Waals surface area contributed by atoms with Crippen molar-refractivity contribution in [3.8, 4) is 5.75 Å². The molecule has 31 heavy (non-hydrogen) atoms. The van der Waals surface area contributed by atoms with Gasteiger partial charge in [-0.15, -0.1) is 20.4 Å². The summed E-state index contributed by atoms with van der Waals surface area (Å²) >= 11 is 2.61. The fourth-order valence-electron chi connectivity index (χ4n) is 2.45. The second kappa shape index (κ2) is 10.4. The lowest BCUT2D eigenvalue weighted by molar-refractivity contribution is -0.113. The number of aromatic nitrogens is 5. The van der Waals surface area contributed by atoms with Gasteiger partial charge in [0.2, 0.25) is 11.0 Å². The van der Waals surface area contributed by atoms with E-state index in [9.17, 15) is 9.59 Å². The van der Waals surface area contributed by atoms with Gasteiger partial charge in [0.15, 0.2) is 11.0 Å². The molecule has 0 radical (unpaired) electrons. The summed E-state index contributed by atoms with van der Waals surface area (Å²) in [4.78, 5) is 24.5. The Morgan fingerprint density at radius 3 is 2.74 bits per heavy atom. The Morgan fingerprint density at radius 2 is 2.03 bits per heavy atom. The minimum atomic E-state index is -0.242. The monoisotopic (exact) mass is 461 g/mol. The van der Waals surface area contributed by atoms with Crippen LogP contribution in [0.15, 0.2) is 29.4 Å². The Bertz CT molecular complexity index is 1060. The molecule has 0 aliphatic carbocycles. The maximum atomic E-state index is 12.3. The van der Waals surface area contributed by atoms with Gasteiger partial charge in [-0.25, -0.2) is 0 Å². The van der Waals surface area contributed by atoms with Crippen molar-refractivity contribution < 1.29 is 14.3 Å². The largest absolute Gasteiger partial charge is 0.497 e. The first kappa shape index (κ1) is 22.7. The third-order valence-electron chi connectivity index (χ3n) is 4.18. The van der Waals surface area contributed by atoms with E-state index in [2.05, 4.69) is 31.0 Å². The molecular formula is C19H23N7O3S2. The Balaban J connectivity index is 1.51. The summed E-state index contributed by atoms with van der Waals surface area (Å²) in [5.41, 5.74) is 0.491. The number of nitrogens with zero attached hydrogens (tertiary/aromatic N) is 5. The summed E-state index contributed by atoms with van der Waals surface area (Å²) in [6.07, 6.45) is 0. The highest BCUT2D eigenvalue weighted by atomic mass is 32.2. The SMILES string of the molecule is COc1cccc(C(=O)NCc2nnc(SCC(=O)Nc3nnc(C(C)C)s3)n2C)c1. The van der Waals surface area contributed by atoms with Crippen molar-refractivity contribution in [1.82, 2.24) is 30.3 Å². The fourth-order valence-corrected chi connectivity index (χ4v) is 3.95.